The largest absolute Gasteiger partial charge is 0.350 e. The molecule has 1 N–H and O–H groups in total. The van der Waals surface area contributed by atoms with E-state index >= 15 is 0 Å². The van der Waals surface area contributed by atoms with Crippen molar-refractivity contribution in [2.24, 2.45) is 12.5 Å². The Bertz CT molecular complexity index is 892. The van der Waals surface area contributed by atoms with Gasteiger partial charge in [0.1, 0.15) is 6.33 Å². The minimum atomic E-state index is -0.0672. The van der Waals surface area contributed by atoms with Crippen molar-refractivity contribution < 1.29 is 4.79 Å². The minimum Gasteiger partial charge on any atom is -0.350 e. The Labute approximate surface area is 152 Å². The van der Waals surface area contributed by atoms with E-state index in [1.807, 2.05) is 31.4 Å². The van der Waals surface area contributed by atoms with E-state index in [9.17, 15) is 4.79 Å². The van der Waals surface area contributed by atoms with E-state index in [2.05, 4.69) is 31.5 Å². The van der Waals surface area contributed by atoms with Gasteiger partial charge in [0.05, 0.1) is 12.2 Å². The van der Waals surface area contributed by atoms with Crippen molar-refractivity contribution in [3.63, 3.8) is 0 Å². The second-order valence-electron chi connectivity index (χ2n) is 7.46. The summed E-state index contributed by atoms with van der Waals surface area (Å²) in [6, 6.07) is 8.05. The predicted molar refractivity (Wildman–Crippen MR) is 99.5 cm³/mol. The number of hydrogen-bond acceptors (Lipinski definition) is 4. The summed E-state index contributed by atoms with van der Waals surface area (Å²) in [5.41, 5.74) is 1.92. The molecule has 26 heavy (non-hydrogen) atoms. The highest BCUT2D eigenvalue weighted by molar-refractivity contribution is 6.01. The van der Waals surface area contributed by atoms with Gasteiger partial charge in [-0.15, -0.1) is 5.10 Å². The molecule has 1 aliphatic carbocycles. The monoisotopic (exact) mass is 352 g/mol. The summed E-state index contributed by atoms with van der Waals surface area (Å²) >= 11 is 0. The number of aryl methyl sites for hydroxylation is 1. The molecule has 4 rings (SSSR count). The molecule has 1 amide bonds. The molecule has 2 aromatic heterocycles. The Hall–Kier alpha value is -2.70. The van der Waals surface area contributed by atoms with Crippen LogP contribution in [0.5, 0.6) is 0 Å². The van der Waals surface area contributed by atoms with Gasteiger partial charge >= 0.3 is 0 Å². The van der Waals surface area contributed by atoms with Crippen molar-refractivity contribution in [1.29, 1.82) is 0 Å². The predicted octanol–water partition coefficient (Wildman–Crippen LogP) is 3.14. The molecule has 2 heterocycles. The van der Waals surface area contributed by atoms with Crippen LogP contribution >= 0.6 is 0 Å². The first kappa shape index (κ1) is 16.8. The molecule has 0 aliphatic heterocycles. The Morgan fingerprint density at radius 3 is 2.85 bits per heavy atom. The normalized spacial score (nSPS) is 16.7. The van der Waals surface area contributed by atoms with Gasteiger partial charge in [0.2, 0.25) is 5.91 Å². The molecular weight excluding hydrogens is 328 g/mol. The fourth-order valence-corrected chi connectivity index (χ4v) is 4.24. The van der Waals surface area contributed by atoms with Crippen LogP contribution in [0.1, 0.15) is 38.5 Å². The van der Waals surface area contributed by atoms with Crippen LogP contribution in [0.15, 0.2) is 36.8 Å². The van der Waals surface area contributed by atoms with Crippen LogP contribution in [0.3, 0.4) is 0 Å². The Balaban J connectivity index is 1.52. The molecule has 0 bridgehead atoms. The first-order chi connectivity index (χ1) is 12.7. The fraction of sp³-hybridized carbons (Fsp3) is 0.474. The van der Waals surface area contributed by atoms with Crippen molar-refractivity contribution >= 4 is 22.5 Å². The van der Waals surface area contributed by atoms with Crippen LogP contribution < -0.4 is 5.32 Å². The highest BCUT2D eigenvalue weighted by Gasteiger charge is 2.35. The van der Waals surface area contributed by atoms with Gasteiger partial charge in [0.25, 0.3) is 0 Å². The number of fused-ring (bicyclic) bond motifs is 1. The molecular formula is C19H24N6O. The standard InChI is InChI=1S/C19H24N6O/c1-24-11-8-15-16(6-5-7-17(15)24)21-18(26)12-19(9-3-2-4-10-19)13-25-14-20-22-23-25/h5-8,11,14H,2-4,9-10,12-13H2,1H3,(H,21,26). The summed E-state index contributed by atoms with van der Waals surface area (Å²) in [4.78, 5) is 12.9. The number of hydrogen-bond donors (Lipinski definition) is 1. The SMILES string of the molecule is Cn1ccc2c(NC(=O)CC3(Cn4cnnn4)CCCCC3)cccc21. The van der Waals surface area contributed by atoms with E-state index in [1.165, 1.54) is 6.42 Å². The van der Waals surface area contributed by atoms with Crippen LogP contribution in [-0.2, 0) is 18.4 Å². The van der Waals surface area contributed by atoms with Gasteiger partial charge in [-0.3, -0.25) is 4.79 Å². The molecule has 136 valence electrons. The highest BCUT2D eigenvalue weighted by atomic mass is 16.1. The van der Waals surface area contributed by atoms with Crippen molar-refractivity contribution in [1.82, 2.24) is 24.8 Å². The van der Waals surface area contributed by atoms with Crippen molar-refractivity contribution in [3.05, 3.63) is 36.8 Å². The third-order valence-corrected chi connectivity index (χ3v) is 5.54. The number of anilines is 1. The lowest BCUT2D eigenvalue weighted by molar-refractivity contribution is -0.119. The molecule has 0 atom stereocenters. The zero-order valence-electron chi connectivity index (χ0n) is 15.1. The van der Waals surface area contributed by atoms with Gasteiger partial charge in [0.15, 0.2) is 0 Å². The third-order valence-electron chi connectivity index (χ3n) is 5.54. The first-order valence-electron chi connectivity index (χ1n) is 9.20. The van der Waals surface area contributed by atoms with Crippen LogP contribution in [-0.4, -0.2) is 30.7 Å². The molecule has 7 nitrogen and oxygen atoms in total. The van der Waals surface area contributed by atoms with E-state index < -0.39 is 0 Å². The maximum Gasteiger partial charge on any atom is 0.225 e. The Kier molecular flexibility index (Phi) is 4.44. The summed E-state index contributed by atoms with van der Waals surface area (Å²) in [6.45, 7) is 0.697. The van der Waals surface area contributed by atoms with Crippen LogP contribution in [0, 0.1) is 5.41 Å². The molecule has 1 aliphatic rings. The number of aromatic nitrogens is 5. The third kappa shape index (κ3) is 3.34. The second-order valence-corrected chi connectivity index (χ2v) is 7.46. The zero-order valence-corrected chi connectivity index (χ0v) is 15.1. The van der Waals surface area contributed by atoms with E-state index in [-0.39, 0.29) is 11.3 Å². The smallest absolute Gasteiger partial charge is 0.225 e. The van der Waals surface area contributed by atoms with Crippen molar-refractivity contribution in [3.8, 4) is 0 Å². The van der Waals surface area contributed by atoms with Crippen LogP contribution in [0.2, 0.25) is 0 Å². The van der Waals surface area contributed by atoms with Gasteiger partial charge < -0.3 is 9.88 Å². The summed E-state index contributed by atoms with van der Waals surface area (Å²) < 4.78 is 3.82. The lowest BCUT2D eigenvalue weighted by Crippen LogP contribution is -2.34. The highest BCUT2D eigenvalue weighted by Crippen LogP contribution is 2.41. The minimum absolute atomic E-state index is 0.0660. The number of rotatable bonds is 5. The van der Waals surface area contributed by atoms with Gasteiger partial charge in [-0.2, -0.15) is 0 Å². The summed E-state index contributed by atoms with van der Waals surface area (Å²) in [6.07, 6.45) is 9.77. The molecule has 1 saturated carbocycles. The first-order valence-corrected chi connectivity index (χ1v) is 9.20. The van der Waals surface area contributed by atoms with E-state index in [0.29, 0.717) is 13.0 Å². The topological polar surface area (TPSA) is 77.6 Å². The average molecular weight is 352 g/mol. The number of nitrogens with zero attached hydrogens (tertiary/aromatic N) is 5. The van der Waals surface area contributed by atoms with Crippen LogP contribution in [0.25, 0.3) is 10.9 Å². The number of carbonyl (C=O) groups excluding carboxylic acids is 1. The number of benzene rings is 1. The number of amides is 1. The lowest BCUT2D eigenvalue weighted by Gasteiger charge is -2.36. The molecule has 0 spiro atoms. The maximum absolute atomic E-state index is 12.9. The number of nitrogens with one attached hydrogen (secondary N) is 1. The Morgan fingerprint density at radius 2 is 2.08 bits per heavy atom. The summed E-state index contributed by atoms with van der Waals surface area (Å²) in [7, 11) is 2.01. The molecule has 0 saturated heterocycles. The second kappa shape index (κ2) is 6.90. The number of tetrazole rings is 1. The lowest BCUT2D eigenvalue weighted by atomic mass is 9.71. The molecule has 1 fully saturated rings. The van der Waals surface area contributed by atoms with Gasteiger partial charge in [-0.1, -0.05) is 25.3 Å². The molecule has 3 aromatic rings. The van der Waals surface area contributed by atoms with Gasteiger partial charge in [-0.25, -0.2) is 4.68 Å². The van der Waals surface area contributed by atoms with E-state index in [0.717, 1.165) is 42.3 Å². The number of carbonyl (C=O) groups is 1. The summed E-state index contributed by atoms with van der Waals surface area (Å²) in [5.74, 6) is 0.0660. The van der Waals surface area contributed by atoms with Gasteiger partial charge in [-0.05, 0) is 46.9 Å². The summed E-state index contributed by atoms with van der Waals surface area (Å²) in [5, 5.41) is 15.7. The van der Waals surface area contributed by atoms with Crippen molar-refractivity contribution in [2.45, 2.75) is 45.1 Å². The Morgan fingerprint density at radius 1 is 1.23 bits per heavy atom. The van der Waals surface area contributed by atoms with E-state index in [4.69, 9.17) is 0 Å². The molecule has 0 unspecified atom stereocenters. The fourth-order valence-electron chi connectivity index (χ4n) is 4.24. The average Bonchev–Trinajstić information content (AvgIpc) is 3.26. The van der Waals surface area contributed by atoms with Gasteiger partial charge in [0, 0.05) is 30.6 Å². The van der Waals surface area contributed by atoms with Crippen LogP contribution in [0.4, 0.5) is 5.69 Å². The maximum atomic E-state index is 12.9. The quantitative estimate of drug-likeness (QED) is 0.765. The molecule has 1 aromatic carbocycles. The zero-order chi connectivity index (χ0) is 18.0. The molecule has 7 heteroatoms. The molecule has 0 radical (unpaired) electrons. The van der Waals surface area contributed by atoms with Crippen molar-refractivity contribution in [2.75, 3.05) is 5.32 Å². The van der Waals surface area contributed by atoms with E-state index in [1.54, 1.807) is 11.0 Å².